The second-order valence-electron chi connectivity index (χ2n) is 5.47. The summed E-state index contributed by atoms with van der Waals surface area (Å²) in [7, 11) is 0. The highest BCUT2D eigenvalue weighted by Gasteiger charge is 2.16. The van der Waals surface area contributed by atoms with Crippen LogP contribution in [0.3, 0.4) is 0 Å². The molecular weight excluding hydrogens is 288 g/mol. The van der Waals surface area contributed by atoms with Crippen LogP contribution in [-0.4, -0.2) is 17.0 Å². The molecule has 0 bridgehead atoms. The monoisotopic (exact) mass is 306 g/mol. The van der Waals surface area contributed by atoms with Gasteiger partial charge < -0.3 is 10.1 Å². The normalized spacial score (nSPS) is 11.9. The molecule has 1 amide bonds. The number of nitrogens with zero attached hydrogens (tertiary/aromatic N) is 1. The van der Waals surface area contributed by atoms with Gasteiger partial charge in [-0.25, -0.2) is 0 Å². The first-order valence-electron chi connectivity index (χ1n) is 7.50. The van der Waals surface area contributed by atoms with Gasteiger partial charge in [0.2, 0.25) is 0 Å². The molecule has 1 atom stereocenters. The van der Waals surface area contributed by atoms with Crippen molar-refractivity contribution in [1.29, 1.82) is 0 Å². The third-order valence-corrected chi connectivity index (χ3v) is 3.61. The van der Waals surface area contributed by atoms with Crippen LogP contribution in [-0.2, 0) is 4.79 Å². The zero-order chi connectivity index (χ0) is 16.2. The minimum Gasteiger partial charge on any atom is -0.481 e. The van der Waals surface area contributed by atoms with Crippen molar-refractivity contribution >= 4 is 22.4 Å². The largest absolute Gasteiger partial charge is 0.481 e. The lowest BCUT2D eigenvalue weighted by Crippen LogP contribution is -2.30. The Morgan fingerprint density at radius 3 is 2.83 bits per heavy atom. The number of amides is 1. The van der Waals surface area contributed by atoms with Gasteiger partial charge in [-0.05, 0) is 43.7 Å². The van der Waals surface area contributed by atoms with Crippen LogP contribution < -0.4 is 10.1 Å². The third kappa shape index (κ3) is 3.48. The predicted octanol–water partition coefficient (Wildman–Crippen LogP) is 3.95. The van der Waals surface area contributed by atoms with Crippen molar-refractivity contribution in [1.82, 2.24) is 4.98 Å². The minimum atomic E-state index is -0.589. The van der Waals surface area contributed by atoms with Crippen LogP contribution in [0.2, 0.25) is 0 Å². The maximum Gasteiger partial charge on any atom is 0.265 e. The molecule has 0 spiro atoms. The number of rotatable bonds is 4. The van der Waals surface area contributed by atoms with Crippen LogP contribution in [0.1, 0.15) is 12.5 Å². The van der Waals surface area contributed by atoms with Crippen molar-refractivity contribution in [3.63, 3.8) is 0 Å². The molecule has 23 heavy (non-hydrogen) atoms. The van der Waals surface area contributed by atoms with Crippen LogP contribution in [0.5, 0.6) is 5.75 Å². The van der Waals surface area contributed by atoms with E-state index in [9.17, 15) is 4.79 Å². The average Bonchev–Trinajstić information content (AvgIpc) is 2.55. The Bertz CT molecular complexity index is 840. The lowest BCUT2D eigenvalue weighted by molar-refractivity contribution is -0.122. The first-order valence-corrected chi connectivity index (χ1v) is 7.50. The Hall–Kier alpha value is -2.88. The van der Waals surface area contributed by atoms with Crippen molar-refractivity contribution in [3.8, 4) is 5.75 Å². The fourth-order valence-corrected chi connectivity index (χ4v) is 2.41. The summed E-state index contributed by atoms with van der Waals surface area (Å²) < 4.78 is 5.72. The number of carbonyl (C=O) groups is 1. The van der Waals surface area contributed by atoms with E-state index in [0.29, 0.717) is 5.75 Å². The van der Waals surface area contributed by atoms with Gasteiger partial charge in [0.15, 0.2) is 6.10 Å². The highest BCUT2D eigenvalue weighted by atomic mass is 16.5. The Balaban J connectivity index is 1.75. The summed E-state index contributed by atoms with van der Waals surface area (Å²) in [5, 5.41) is 4.87. The van der Waals surface area contributed by atoms with Gasteiger partial charge >= 0.3 is 0 Å². The van der Waals surface area contributed by atoms with E-state index < -0.39 is 6.10 Å². The number of fused-ring (bicyclic) bond motifs is 1. The Kier molecular flexibility index (Phi) is 4.24. The second-order valence-corrected chi connectivity index (χ2v) is 5.47. The van der Waals surface area contributed by atoms with Crippen molar-refractivity contribution in [2.45, 2.75) is 20.0 Å². The first kappa shape index (κ1) is 15.0. The van der Waals surface area contributed by atoms with E-state index in [2.05, 4.69) is 10.3 Å². The molecule has 1 heterocycles. The van der Waals surface area contributed by atoms with Crippen LogP contribution >= 0.6 is 0 Å². The highest BCUT2D eigenvalue weighted by molar-refractivity contribution is 6.03. The molecule has 1 aromatic heterocycles. The SMILES string of the molecule is Cc1cccc(O[C@H](C)C(=O)Nc2cccc3cnccc23)c1. The molecule has 0 fully saturated rings. The fraction of sp³-hybridized carbons (Fsp3) is 0.158. The van der Waals surface area contributed by atoms with E-state index in [4.69, 9.17) is 4.74 Å². The van der Waals surface area contributed by atoms with Crippen LogP contribution in [0.25, 0.3) is 10.8 Å². The zero-order valence-corrected chi connectivity index (χ0v) is 13.1. The topological polar surface area (TPSA) is 51.2 Å². The number of carbonyl (C=O) groups excluding carboxylic acids is 1. The molecule has 2 aromatic carbocycles. The van der Waals surface area contributed by atoms with Gasteiger partial charge in [-0.15, -0.1) is 0 Å². The Morgan fingerprint density at radius 1 is 1.17 bits per heavy atom. The summed E-state index contributed by atoms with van der Waals surface area (Å²) in [4.78, 5) is 16.5. The summed E-state index contributed by atoms with van der Waals surface area (Å²) >= 11 is 0. The number of aromatic nitrogens is 1. The summed E-state index contributed by atoms with van der Waals surface area (Å²) in [6.45, 7) is 3.73. The van der Waals surface area contributed by atoms with Gasteiger partial charge in [0, 0.05) is 28.9 Å². The summed E-state index contributed by atoms with van der Waals surface area (Å²) in [5.41, 5.74) is 1.85. The van der Waals surface area contributed by atoms with Crippen LogP contribution in [0.15, 0.2) is 60.9 Å². The summed E-state index contributed by atoms with van der Waals surface area (Å²) in [6.07, 6.45) is 2.90. The number of nitrogens with one attached hydrogen (secondary N) is 1. The standard InChI is InChI=1S/C19H18N2O2/c1-13-5-3-7-16(11-13)23-14(2)19(22)21-18-8-4-6-15-12-20-10-9-17(15)18/h3-12,14H,1-2H3,(H,21,22)/t14-/m1/s1. The summed E-state index contributed by atoms with van der Waals surface area (Å²) in [5.74, 6) is 0.505. The van der Waals surface area contributed by atoms with E-state index in [1.54, 1.807) is 19.3 Å². The van der Waals surface area contributed by atoms with Crippen molar-refractivity contribution < 1.29 is 9.53 Å². The van der Waals surface area contributed by atoms with Crippen molar-refractivity contribution in [2.24, 2.45) is 0 Å². The number of ether oxygens (including phenoxy) is 1. The molecule has 4 heteroatoms. The number of benzene rings is 2. The van der Waals surface area contributed by atoms with E-state index in [1.165, 1.54) is 0 Å². The van der Waals surface area contributed by atoms with E-state index in [0.717, 1.165) is 22.0 Å². The Labute approximate surface area is 135 Å². The molecular formula is C19H18N2O2. The maximum atomic E-state index is 12.4. The molecule has 0 unspecified atom stereocenters. The minimum absolute atomic E-state index is 0.184. The van der Waals surface area contributed by atoms with Gasteiger partial charge in [0.25, 0.3) is 5.91 Å². The van der Waals surface area contributed by atoms with Crippen LogP contribution in [0.4, 0.5) is 5.69 Å². The molecule has 1 N–H and O–H groups in total. The van der Waals surface area contributed by atoms with Crippen molar-refractivity contribution in [3.05, 3.63) is 66.5 Å². The van der Waals surface area contributed by atoms with E-state index >= 15 is 0 Å². The molecule has 0 aliphatic rings. The zero-order valence-electron chi connectivity index (χ0n) is 13.1. The van der Waals surface area contributed by atoms with Gasteiger partial charge in [-0.1, -0.05) is 24.3 Å². The number of hydrogen-bond acceptors (Lipinski definition) is 3. The van der Waals surface area contributed by atoms with E-state index in [1.807, 2.05) is 55.5 Å². The fourth-order valence-electron chi connectivity index (χ4n) is 2.41. The predicted molar refractivity (Wildman–Crippen MR) is 91.6 cm³/mol. The number of hydrogen-bond donors (Lipinski definition) is 1. The van der Waals surface area contributed by atoms with Crippen molar-refractivity contribution in [2.75, 3.05) is 5.32 Å². The lowest BCUT2D eigenvalue weighted by Gasteiger charge is -2.16. The summed E-state index contributed by atoms with van der Waals surface area (Å²) in [6, 6.07) is 15.3. The molecule has 0 saturated heterocycles. The van der Waals surface area contributed by atoms with E-state index in [-0.39, 0.29) is 5.91 Å². The first-order chi connectivity index (χ1) is 11.1. The number of anilines is 1. The second kappa shape index (κ2) is 6.48. The number of aryl methyl sites for hydroxylation is 1. The quantitative estimate of drug-likeness (QED) is 0.794. The lowest BCUT2D eigenvalue weighted by atomic mass is 10.1. The molecule has 3 rings (SSSR count). The molecule has 0 aliphatic heterocycles. The molecule has 4 nitrogen and oxygen atoms in total. The Morgan fingerprint density at radius 2 is 2.00 bits per heavy atom. The van der Waals surface area contributed by atoms with Gasteiger partial charge in [-0.3, -0.25) is 9.78 Å². The smallest absolute Gasteiger partial charge is 0.265 e. The van der Waals surface area contributed by atoms with Gasteiger partial charge in [0.1, 0.15) is 5.75 Å². The van der Waals surface area contributed by atoms with Gasteiger partial charge in [0.05, 0.1) is 0 Å². The third-order valence-electron chi connectivity index (χ3n) is 3.61. The molecule has 0 saturated carbocycles. The maximum absolute atomic E-state index is 12.4. The molecule has 3 aromatic rings. The average molecular weight is 306 g/mol. The van der Waals surface area contributed by atoms with Crippen LogP contribution in [0, 0.1) is 6.92 Å². The highest BCUT2D eigenvalue weighted by Crippen LogP contribution is 2.22. The molecule has 116 valence electrons. The van der Waals surface area contributed by atoms with Gasteiger partial charge in [-0.2, -0.15) is 0 Å². The number of pyridine rings is 1. The molecule has 0 aliphatic carbocycles. The molecule has 0 radical (unpaired) electrons.